The molecule has 1 aromatic carbocycles. The standard InChI is InChI=1S/C14H17ClN2O4/c1-9(2)21-14(18)10-7-11(15)13(12(8-10)17(19)20)16-5-3-4-6-16/h7-9H,3-6H2,1-2H3. The first-order valence-electron chi connectivity index (χ1n) is 6.84. The Morgan fingerprint density at radius 3 is 2.52 bits per heavy atom. The van der Waals surface area contributed by atoms with Crippen molar-refractivity contribution in [2.45, 2.75) is 32.8 Å². The number of nitro groups is 1. The summed E-state index contributed by atoms with van der Waals surface area (Å²) in [5.74, 6) is -0.608. The number of rotatable bonds is 4. The van der Waals surface area contributed by atoms with E-state index in [4.69, 9.17) is 16.3 Å². The number of carbonyl (C=O) groups is 1. The van der Waals surface area contributed by atoms with Gasteiger partial charge in [0.1, 0.15) is 5.69 Å². The van der Waals surface area contributed by atoms with Gasteiger partial charge in [-0.15, -0.1) is 0 Å². The molecule has 1 aliphatic rings. The molecule has 1 aliphatic heterocycles. The van der Waals surface area contributed by atoms with Gasteiger partial charge in [-0.1, -0.05) is 11.6 Å². The van der Waals surface area contributed by atoms with Crippen LogP contribution in [0, 0.1) is 10.1 Å². The molecule has 0 amide bonds. The number of esters is 1. The normalized spacial score (nSPS) is 14.6. The molecular formula is C14H17ClN2O4. The number of halogens is 1. The van der Waals surface area contributed by atoms with Crippen molar-refractivity contribution in [2.75, 3.05) is 18.0 Å². The Morgan fingerprint density at radius 2 is 2.00 bits per heavy atom. The lowest BCUT2D eigenvalue weighted by Gasteiger charge is -2.19. The van der Waals surface area contributed by atoms with Crippen LogP contribution in [0.2, 0.25) is 5.02 Å². The summed E-state index contributed by atoms with van der Waals surface area (Å²) in [6.07, 6.45) is 1.66. The minimum atomic E-state index is -0.608. The van der Waals surface area contributed by atoms with Gasteiger partial charge in [0.2, 0.25) is 0 Å². The van der Waals surface area contributed by atoms with Gasteiger partial charge < -0.3 is 9.64 Å². The first kappa shape index (κ1) is 15.6. The first-order valence-corrected chi connectivity index (χ1v) is 7.22. The van der Waals surface area contributed by atoms with E-state index >= 15 is 0 Å². The number of nitrogens with zero attached hydrogens (tertiary/aromatic N) is 2. The van der Waals surface area contributed by atoms with Gasteiger partial charge in [-0.25, -0.2) is 4.79 Å². The van der Waals surface area contributed by atoms with Crippen molar-refractivity contribution < 1.29 is 14.5 Å². The second-order valence-electron chi connectivity index (χ2n) is 5.23. The van der Waals surface area contributed by atoms with Gasteiger partial charge in [0.25, 0.3) is 5.69 Å². The van der Waals surface area contributed by atoms with Crippen molar-refractivity contribution in [1.82, 2.24) is 0 Å². The van der Waals surface area contributed by atoms with Crippen molar-refractivity contribution in [3.63, 3.8) is 0 Å². The molecular weight excluding hydrogens is 296 g/mol. The number of carbonyl (C=O) groups excluding carboxylic acids is 1. The molecule has 1 aromatic rings. The van der Waals surface area contributed by atoms with E-state index in [-0.39, 0.29) is 22.4 Å². The van der Waals surface area contributed by atoms with Crippen LogP contribution < -0.4 is 4.90 Å². The van der Waals surface area contributed by atoms with Crippen molar-refractivity contribution in [3.05, 3.63) is 32.8 Å². The van der Waals surface area contributed by atoms with Crippen molar-refractivity contribution in [1.29, 1.82) is 0 Å². The minimum absolute atomic E-state index is 0.100. The zero-order valence-corrected chi connectivity index (χ0v) is 12.7. The van der Waals surface area contributed by atoms with Gasteiger partial charge in [0.15, 0.2) is 0 Å². The van der Waals surface area contributed by atoms with Gasteiger partial charge in [0.05, 0.1) is 21.6 Å². The Hall–Kier alpha value is -1.82. The van der Waals surface area contributed by atoms with Crippen molar-refractivity contribution >= 4 is 28.9 Å². The maximum atomic E-state index is 11.9. The third kappa shape index (κ3) is 3.44. The van der Waals surface area contributed by atoms with Crippen LogP contribution in [0.4, 0.5) is 11.4 Å². The Balaban J connectivity index is 2.44. The molecule has 21 heavy (non-hydrogen) atoms. The van der Waals surface area contributed by atoms with E-state index in [0.29, 0.717) is 5.69 Å². The van der Waals surface area contributed by atoms with Gasteiger partial charge >= 0.3 is 5.97 Å². The number of benzene rings is 1. The van der Waals surface area contributed by atoms with Crippen LogP contribution >= 0.6 is 11.6 Å². The fourth-order valence-electron chi connectivity index (χ4n) is 2.38. The molecule has 0 aromatic heterocycles. The summed E-state index contributed by atoms with van der Waals surface area (Å²) in [6, 6.07) is 2.68. The van der Waals surface area contributed by atoms with Gasteiger partial charge in [-0.2, -0.15) is 0 Å². The molecule has 7 heteroatoms. The number of hydrogen-bond acceptors (Lipinski definition) is 5. The molecule has 1 saturated heterocycles. The van der Waals surface area contributed by atoms with E-state index < -0.39 is 10.9 Å². The molecule has 1 fully saturated rings. The number of anilines is 1. The molecule has 0 spiro atoms. The predicted molar refractivity (Wildman–Crippen MR) is 80.1 cm³/mol. The highest BCUT2D eigenvalue weighted by Crippen LogP contribution is 2.38. The van der Waals surface area contributed by atoms with E-state index in [2.05, 4.69) is 0 Å². The summed E-state index contributed by atoms with van der Waals surface area (Å²) in [6.45, 7) is 4.89. The molecule has 2 rings (SSSR count). The highest BCUT2D eigenvalue weighted by atomic mass is 35.5. The Bertz CT molecular complexity index is 568. The molecule has 114 valence electrons. The second kappa shape index (κ2) is 6.30. The zero-order valence-electron chi connectivity index (χ0n) is 12.0. The summed E-state index contributed by atoms with van der Waals surface area (Å²) in [5, 5.41) is 11.5. The molecule has 0 atom stereocenters. The Labute approximate surface area is 127 Å². The third-order valence-electron chi connectivity index (χ3n) is 3.24. The molecule has 6 nitrogen and oxygen atoms in total. The molecule has 1 heterocycles. The van der Waals surface area contributed by atoms with Crippen LogP contribution in [0.5, 0.6) is 0 Å². The zero-order chi connectivity index (χ0) is 15.6. The van der Waals surface area contributed by atoms with E-state index in [9.17, 15) is 14.9 Å². The van der Waals surface area contributed by atoms with Crippen LogP contribution in [-0.4, -0.2) is 30.1 Å². The fraction of sp³-hybridized carbons (Fsp3) is 0.500. The smallest absolute Gasteiger partial charge is 0.338 e. The maximum absolute atomic E-state index is 11.9. The minimum Gasteiger partial charge on any atom is -0.459 e. The molecule has 0 bridgehead atoms. The first-order chi connectivity index (χ1) is 9.90. The Kier molecular flexibility index (Phi) is 4.67. The molecule has 0 aliphatic carbocycles. The average molecular weight is 313 g/mol. The highest BCUT2D eigenvalue weighted by Gasteiger charge is 2.27. The summed E-state index contributed by atoms with van der Waals surface area (Å²) in [4.78, 5) is 24.6. The monoisotopic (exact) mass is 312 g/mol. The summed E-state index contributed by atoms with van der Waals surface area (Å²) in [5.41, 5.74) is 0.337. The van der Waals surface area contributed by atoms with E-state index in [0.717, 1.165) is 25.9 Å². The number of nitro benzene ring substituents is 1. The molecule has 0 radical (unpaired) electrons. The van der Waals surface area contributed by atoms with Crippen LogP contribution in [0.1, 0.15) is 37.0 Å². The summed E-state index contributed by atoms with van der Waals surface area (Å²) < 4.78 is 5.06. The lowest BCUT2D eigenvalue weighted by molar-refractivity contribution is -0.384. The average Bonchev–Trinajstić information content (AvgIpc) is 2.90. The van der Waals surface area contributed by atoms with E-state index in [1.54, 1.807) is 13.8 Å². The molecule has 0 N–H and O–H groups in total. The maximum Gasteiger partial charge on any atom is 0.338 e. The Morgan fingerprint density at radius 1 is 1.38 bits per heavy atom. The van der Waals surface area contributed by atoms with Crippen molar-refractivity contribution in [3.8, 4) is 0 Å². The van der Waals surface area contributed by atoms with Gasteiger partial charge in [0, 0.05) is 19.2 Å². The lowest BCUT2D eigenvalue weighted by atomic mass is 10.1. The number of hydrogen-bond donors (Lipinski definition) is 0. The second-order valence-corrected chi connectivity index (χ2v) is 5.64. The van der Waals surface area contributed by atoms with E-state index in [1.165, 1.54) is 12.1 Å². The fourth-order valence-corrected chi connectivity index (χ4v) is 2.71. The van der Waals surface area contributed by atoms with Gasteiger partial charge in [-0.05, 0) is 32.8 Å². The van der Waals surface area contributed by atoms with Crippen LogP contribution in [0.25, 0.3) is 0 Å². The largest absolute Gasteiger partial charge is 0.459 e. The summed E-state index contributed by atoms with van der Waals surface area (Å²) >= 11 is 6.19. The lowest BCUT2D eigenvalue weighted by Crippen LogP contribution is -2.20. The SMILES string of the molecule is CC(C)OC(=O)c1cc(Cl)c(N2CCCC2)c([N+](=O)[O-])c1. The van der Waals surface area contributed by atoms with Crippen molar-refractivity contribution in [2.24, 2.45) is 0 Å². The van der Waals surface area contributed by atoms with Crippen LogP contribution in [0.15, 0.2) is 12.1 Å². The summed E-state index contributed by atoms with van der Waals surface area (Å²) in [7, 11) is 0. The highest BCUT2D eigenvalue weighted by molar-refractivity contribution is 6.34. The molecule has 0 unspecified atom stereocenters. The van der Waals surface area contributed by atoms with Gasteiger partial charge in [-0.3, -0.25) is 10.1 Å². The van der Waals surface area contributed by atoms with Crippen LogP contribution in [0.3, 0.4) is 0 Å². The quantitative estimate of drug-likeness (QED) is 0.484. The molecule has 0 saturated carbocycles. The van der Waals surface area contributed by atoms with Crippen LogP contribution in [-0.2, 0) is 4.74 Å². The third-order valence-corrected chi connectivity index (χ3v) is 3.53. The topological polar surface area (TPSA) is 72.7 Å². The number of ether oxygens (including phenoxy) is 1. The van der Waals surface area contributed by atoms with E-state index in [1.807, 2.05) is 4.90 Å². The predicted octanol–water partition coefficient (Wildman–Crippen LogP) is 3.41.